The highest BCUT2D eigenvalue weighted by Gasteiger charge is 2.20. The topological polar surface area (TPSA) is 15.3 Å². The van der Waals surface area contributed by atoms with E-state index in [2.05, 4.69) is 49.3 Å². The van der Waals surface area contributed by atoms with Gasteiger partial charge in [-0.3, -0.25) is 0 Å². The van der Waals surface area contributed by atoms with Crippen molar-refractivity contribution in [1.29, 1.82) is 0 Å². The summed E-state index contributed by atoms with van der Waals surface area (Å²) >= 11 is 0. The Hall–Kier alpha value is -1.02. The summed E-state index contributed by atoms with van der Waals surface area (Å²) in [6.07, 6.45) is 5.50. The van der Waals surface area contributed by atoms with Crippen LogP contribution in [0.5, 0.6) is 0 Å². The highest BCUT2D eigenvalue weighted by atomic mass is 15.1. The Bertz CT molecular complexity index is 381. The Morgan fingerprint density at radius 2 is 2.00 bits per heavy atom. The summed E-state index contributed by atoms with van der Waals surface area (Å²) in [4.78, 5) is 2.49. The molecule has 0 saturated heterocycles. The van der Waals surface area contributed by atoms with Crippen LogP contribution >= 0.6 is 0 Å². The number of hydrogen-bond donors (Lipinski definition) is 1. The summed E-state index contributed by atoms with van der Waals surface area (Å²) in [6, 6.07) is 7.63. The maximum atomic E-state index is 3.38. The summed E-state index contributed by atoms with van der Waals surface area (Å²) in [6.45, 7) is 6.39. The number of nitrogens with zero attached hydrogens (tertiary/aromatic N) is 1. The second-order valence-electron chi connectivity index (χ2n) is 5.45. The predicted molar refractivity (Wildman–Crippen MR) is 79.2 cm³/mol. The predicted octanol–water partition coefficient (Wildman–Crippen LogP) is 3.48. The third-order valence-corrected chi connectivity index (χ3v) is 4.09. The lowest BCUT2D eigenvalue weighted by atomic mass is 10.1. The van der Waals surface area contributed by atoms with Crippen LogP contribution in [0.25, 0.3) is 0 Å². The molecule has 0 atom stereocenters. The van der Waals surface area contributed by atoms with Crippen LogP contribution in [-0.4, -0.2) is 19.6 Å². The molecule has 1 fully saturated rings. The van der Waals surface area contributed by atoms with Gasteiger partial charge in [-0.05, 0) is 43.5 Å². The van der Waals surface area contributed by atoms with Gasteiger partial charge < -0.3 is 10.2 Å². The van der Waals surface area contributed by atoms with Gasteiger partial charge in [0.25, 0.3) is 0 Å². The van der Waals surface area contributed by atoms with Gasteiger partial charge in [0.05, 0.1) is 0 Å². The first kappa shape index (κ1) is 13.4. The van der Waals surface area contributed by atoms with E-state index in [0.29, 0.717) is 0 Å². The third-order valence-electron chi connectivity index (χ3n) is 4.09. The number of hydrogen-bond acceptors (Lipinski definition) is 2. The summed E-state index contributed by atoms with van der Waals surface area (Å²) in [5.74, 6) is 0. The lowest BCUT2D eigenvalue weighted by Gasteiger charge is -2.28. The number of rotatable bonds is 5. The molecule has 0 aliphatic heterocycles. The molecule has 100 valence electrons. The van der Waals surface area contributed by atoms with E-state index in [1.165, 1.54) is 42.5 Å². The molecule has 18 heavy (non-hydrogen) atoms. The van der Waals surface area contributed by atoms with Crippen molar-refractivity contribution in [3.63, 3.8) is 0 Å². The molecule has 0 bridgehead atoms. The summed E-state index contributed by atoms with van der Waals surface area (Å²) in [7, 11) is 2.25. The van der Waals surface area contributed by atoms with E-state index < -0.39 is 0 Å². The molecule has 1 aromatic rings. The molecular formula is C16H26N2. The minimum absolute atomic E-state index is 0.753. The van der Waals surface area contributed by atoms with E-state index in [0.717, 1.165) is 19.1 Å². The van der Waals surface area contributed by atoms with Gasteiger partial charge in [0.15, 0.2) is 0 Å². The van der Waals surface area contributed by atoms with Gasteiger partial charge in [-0.1, -0.05) is 31.9 Å². The van der Waals surface area contributed by atoms with Crippen molar-refractivity contribution in [3.05, 3.63) is 29.3 Å². The second kappa shape index (κ2) is 6.24. The van der Waals surface area contributed by atoms with Crippen LogP contribution in [0.1, 0.15) is 43.7 Å². The molecule has 1 aliphatic rings. The zero-order chi connectivity index (χ0) is 13.0. The summed E-state index contributed by atoms with van der Waals surface area (Å²) in [5, 5.41) is 3.38. The smallest absolute Gasteiger partial charge is 0.0396 e. The van der Waals surface area contributed by atoms with Crippen molar-refractivity contribution in [2.24, 2.45) is 0 Å². The first-order chi connectivity index (χ1) is 8.72. The zero-order valence-electron chi connectivity index (χ0n) is 12.0. The minimum Gasteiger partial charge on any atom is -0.371 e. The van der Waals surface area contributed by atoms with Crippen LogP contribution in [0, 0.1) is 6.92 Å². The molecule has 1 N–H and O–H groups in total. The molecule has 1 saturated carbocycles. The van der Waals surface area contributed by atoms with Crippen LogP contribution < -0.4 is 10.2 Å². The molecule has 0 unspecified atom stereocenters. The molecule has 1 aromatic carbocycles. The second-order valence-corrected chi connectivity index (χ2v) is 5.45. The Morgan fingerprint density at radius 3 is 2.61 bits per heavy atom. The number of nitrogens with one attached hydrogen (secondary N) is 1. The average Bonchev–Trinajstić information content (AvgIpc) is 2.89. The van der Waals surface area contributed by atoms with E-state index in [-0.39, 0.29) is 0 Å². The van der Waals surface area contributed by atoms with Gasteiger partial charge in [0, 0.05) is 25.3 Å². The molecule has 0 radical (unpaired) electrons. The van der Waals surface area contributed by atoms with Crippen LogP contribution in [0.15, 0.2) is 18.2 Å². The molecule has 0 amide bonds. The lowest BCUT2D eigenvalue weighted by molar-refractivity contribution is 0.651. The third kappa shape index (κ3) is 3.05. The highest BCUT2D eigenvalue weighted by molar-refractivity contribution is 5.54. The van der Waals surface area contributed by atoms with E-state index in [1.54, 1.807) is 0 Å². The quantitative estimate of drug-likeness (QED) is 0.855. The molecule has 2 nitrogen and oxygen atoms in total. The molecule has 2 heteroatoms. The van der Waals surface area contributed by atoms with Crippen LogP contribution in [0.3, 0.4) is 0 Å². The Morgan fingerprint density at radius 1 is 1.28 bits per heavy atom. The van der Waals surface area contributed by atoms with Crippen LogP contribution in [0.2, 0.25) is 0 Å². The maximum absolute atomic E-state index is 3.38. The summed E-state index contributed by atoms with van der Waals surface area (Å²) < 4.78 is 0. The highest BCUT2D eigenvalue weighted by Crippen LogP contribution is 2.29. The molecule has 0 aromatic heterocycles. The Kier molecular flexibility index (Phi) is 4.65. The van der Waals surface area contributed by atoms with Crippen molar-refractivity contribution >= 4 is 5.69 Å². The van der Waals surface area contributed by atoms with Crippen LogP contribution in [-0.2, 0) is 6.54 Å². The van der Waals surface area contributed by atoms with Gasteiger partial charge in [-0.15, -0.1) is 0 Å². The van der Waals surface area contributed by atoms with Gasteiger partial charge in [-0.25, -0.2) is 0 Å². The fraction of sp³-hybridized carbons (Fsp3) is 0.625. The first-order valence-electron chi connectivity index (χ1n) is 7.25. The van der Waals surface area contributed by atoms with Gasteiger partial charge in [-0.2, -0.15) is 0 Å². The molecule has 2 rings (SSSR count). The van der Waals surface area contributed by atoms with E-state index in [1.807, 2.05) is 0 Å². The fourth-order valence-electron chi connectivity index (χ4n) is 2.98. The van der Waals surface area contributed by atoms with Gasteiger partial charge in [0.2, 0.25) is 0 Å². The molecule has 0 spiro atoms. The Labute approximate surface area is 111 Å². The summed E-state index contributed by atoms with van der Waals surface area (Å²) in [5.41, 5.74) is 4.19. The van der Waals surface area contributed by atoms with Crippen molar-refractivity contribution in [1.82, 2.24) is 5.32 Å². The maximum Gasteiger partial charge on any atom is 0.0396 e. The fourth-order valence-corrected chi connectivity index (χ4v) is 2.98. The van der Waals surface area contributed by atoms with E-state index in [9.17, 15) is 0 Å². The standard InChI is InChI=1S/C16H26N2/c1-4-17-12-14-9-10-16(13(2)11-14)18(3)15-7-5-6-8-15/h9-11,15,17H,4-8,12H2,1-3H3. The van der Waals surface area contributed by atoms with Gasteiger partial charge in [0.1, 0.15) is 0 Å². The van der Waals surface area contributed by atoms with Crippen LogP contribution in [0.4, 0.5) is 5.69 Å². The normalized spacial score (nSPS) is 16.2. The molecular weight excluding hydrogens is 220 g/mol. The monoisotopic (exact) mass is 246 g/mol. The van der Waals surface area contributed by atoms with E-state index >= 15 is 0 Å². The minimum atomic E-state index is 0.753. The van der Waals surface area contributed by atoms with Gasteiger partial charge >= 0.3 is 0 Å². The first-order valence-corrected chi connectivity index (χ1v) is 7.25. The van der Waals surface area contributed by atoms with Crippen molar-refractivity contribution in [3.8, 4) is 0 Å². The number of aryl methyl sites for hydroxylation is 1. The van der Waals surface area contributed by atoms with Crippen molar-refractivity contribution < 1.29 is 0 Å². The SMILES string of the molecule is CCNCc1ccc(N(C)C2CCCC2)c(C)c1. The molecule has 0 heterocycles. The zero-order valence-corrected chi connectivity index (χ0v) is 12.0. The van der Waals surface area contributed by atoms with E-state index in [4.69, 9.17) is 0 Å². The van der Waals surface area contributed by atoms with Crippen molar-refractivity contribution in [2.75, 3.05) is 18.5 Å². The lowest BCUT2D eigenvalue weighted by Crippen LogP contribution is -2.29. The number of benzene rings is 1. The van der Waals surface area contributed by atoms with Crippen molar-refractivity contribution in [2.45, 2.75) is 52.1 Å². The molecule has 1 aliphatic carbocycles. The Balaban J connectivity index is 2.08. The number of anilines is 1. The largest absolute Gasteiger partial charge is 0.371 e. The average molecular weight is 246 g/mol.